The van der Waals surface area contributed by atoms with Crippen LogP contribution in [0.15, 0.2) is 41.1 Å². The Kier molecular flexibility index (Phi) is 3.67. The first-order valence-corrected chi connectivity index (χ1v) is 7.99. The van der Waals surface area contributed by atoms with Crippen LogP contribution >= 0.6 is 11.6 Å². The summed E-state index contributed by atoms with van der Waals surface area (Å²) in [6.07, 6.45) is 5.60. The highest BCUT2D eigenvalue weighted by atomic mass is 35.5. The zero-order valence-electron chi connectivity index (χ0n) is 12.4. The Labute approximate surface area is 138 Å². The fourth-order valence-electron chi connectivity index (χ4n) is 2.96. The highest BCUT2D eigenvalue weighted by molar-refractivity contribution is 6.30. The molecule has 1 atom stereocenters. The van der Waals surface area contributed by atoms with E-state index in [1.807, 2.05) is 35.1 Å². The van der Waals surface area contributed by atoms with E-state index in [2.05, 4.69) is 10.1 Å². The third kappa shape index (κ3) is 2.90. The summed E-state index contributed by atoms with van der Waals surface area (Å²) in [5.41, 5.74) is 3.18. The number of aromatic nitrogens is 3. The van der Waals surface area contributed by atoms with Crippen molar-refractivity contribution < 1.29 is 9.52 Å². The molecule has 1 aromatic carbocycles. The Morgan fingerprint density at radius 3 is 3.13 bits per heavy atom. The monoisotopic (exact) mass is 329 g/mol. The second-order valence-corrected chi connectivity index (χ2v) is 6.24. The predicted molar refractivity (Wildman–Crippen MR) is 86.3 cm³/mol. The summed E-state index contributed by atoms with van der Waals surface area (Å²) < 4.78 is 7.69. The Bertz CT molecular complexity index is 840. The van der Waals surface area contributed by atoms with Gasteiger partial charge in [-0.15, -0.1) is 0 Å². The summed E-state index contributed by atoms with van der Waals surface area (Å²) in [4.78, 5) is 4.33. The van der Waals surface area contributed by atoms with Crippen molar-refractivity contribution in [3.63, 3.8) is 0 Å². The van der Waals surface area contributed by atoms with Gasteiger partial charge in [0.25, 0.3) is 0 Å². The molecule has 5 nitrogen and oxygen atoms in total. The number of rotatable bonds is 3. The van der Waals surface area contributed by atoms with Crippen LogP contribution in [0, 0.1) is 0 Å². The number of aliphatic hydroxyl groups is 1. The topological polar surface area (TPSA) is 64.1 Å². The molecule has 0 spiro atoms. The Hall–Kier alpha value is -2.11. The van der Waals surface area contributed by atoms with Crippen molar-refractivity contribution in [2.75, 3.05) is 0 Å². The largest absolute Gasteiger partial charge is 0.439 e. The number of oxazole rings is 1. The first-order chi connectivity index (χ1) is 11.2. The van der Waals surface area contributed by atoms with Crippen molar-refractivity contribution >= 4 is 11.6 Å². The molecule has 118 valence electrons. The Morgan fingerprint density at radius 2 is 2.26 bits per heavy atom. The summed E-state index contributed by atoms with van der Waals surface area (Å²) >= 11 is 6.01. The van der Waals surface area contributed by atoms with Gasteiger partial charge in [-0.2, -0.15) is 5.10 Å². The highest BCUT2D eigenvalue weighted by Crippen LogP contribution is 2.25. The van der Waals surface area contributed by atoms with Crippen LogP contribution in [-0.4, -0.2) is 26.0 Å². The van der Waals surface area contributed by atoms with E-state index < -0.39 is 0 Å². The number of benzene rings is 1. The second-order valence-electron chi connectivity index (χ2n) is 5.80. The molecular formula is C17H16ClN3O2. The molecule has 4 rings (SSSR count). The SMILES string of the molecule is OC1CCc2cnn(Cc3ncc(-c4cccc(Cl)c4)o3)c2C1. The highest BCUT2D eigenvalue weighted by Gasteiger charge is 2.21. The molecule has 2 heterocycles. The third-order valence-corrected chi connectivity index (χ3v) is 4.39. The minimum Gasteiger partial charge on any atom is -0.439 e. The molecule has 2 aromatic heterocycles. The molecule has 0 amide bonds. The summed E-state index contributed by atoms with van der Waals surface area (Å²) in [6, 6.07) is 7.48. The zero-order chi connectivity index (χ0) is 15.8. The molecule has 0 aliphatic heterocycles. The van der Waals surface area contributed by atoms with Crippen LogP contribution in [0.4, 0.5) is 0 Å². The zero-order valence-corrected chi connectivity index (χ0v) is 13.2. The molecule has 1 N–H and O–H groups in total. The molecule has 0 bridgehead atoms. The van der Waals surface area contributed by atoms with Crippen LogP contribution in [0.2, 0.25) is 5.02 Å². The van der Waals surface area contributed by atoms with Crippen molar-refractivity contribution in [1.29, 1.82) is 0 Å². The number of aryl methyl sites for hydroxylation is 1. The van der Waals surface area contributed by atoms with E-state index >= 15 is 0 Å². The first-order valence-electron chi connectivity index (χ1n) is 7.61. The van der Waals surface area contributed by atoms with Crippen molar-refractivity contribution in [3.8, 4) is 11.3 Å². The predicted octanol–water partition coefficient (Wildman–Crippen LogP) is 3.09. The summed E-state index contributed by atoms with van der Waals surface area (Å²) in [5, 5.41) is 14.9. The van der Waals surface area contributed by atoms with Gasteiger partial charge in [-0.25, -0.2) is 4.98 Å². The minimum atomic E-state index is -0.287. The van der Waals surface area contributed by atoms with E-state index in [-0.39, 0.29) is 6.10 Å². The molecular weight excluding hydrogens is 314 g/mol. The fourth-order valence-corrected chi connectivity index (χ4v) is 3.16. The molecule has 3 aromatic rings. The lowest BCUT2D eigenvalue weighted by molar-refractivity contribution is 0.155. The smallest absolute Gasteiger partial charge is 0.216 e. The van der Waals surface area contributed by atoms with Gasteiger partial charge in [-0.1, -0.05) is 23.7 Å². The first kappa shape index (κ1) is 14.5. The maximum atomic E-state index is 9.85. The lowest BCUT2D eigenvalue weighted by Crippen LogP contribution is -2.21. The Balaban J connectivity index is 1.58. The molecule has 1 unspecified atom stereocenters. The van der Waals surface area contributed by atoms with Gasteiger partial charge in [0.2, 0.25) is 5.89 Å². The van der Waals surface area contributed by atoms with Gasteiger partial charge in [-0.3, -0.25) is 4.68 Å². The molecule has 1 aliphatic rings. The molecule has 23 heavy (non-hydrogen) atoms. The van der Waals surface area contributed by atoms with Crippen LogP contribution in [0.3, 0.4) is 0 Å². The lowest BCUT2D eigenvalue weighted by Gasteiger charge is -2.18. The van der Waals surface area contributed by atoms with Gasteiger partial charge in [-0.05, 0) is 30.5 Å². The van der Waals surface area contributed by atoms with E-state index in [1.54, 1.807) is 6.20 Å². The van der Waals surface area contributed by atoms with E-state index in [9.17, 15) is 5.11 Å². The number of aliphatic hydroxyl groups excluding tert-OH is 1. The average molecular weight is 330 g/mol. The van der Waals surface area contributed by atoms with Gasteiger partial charge in [0.05, 0.1) is 18.5 Å². The van der Waals surface area contributed by atoms with Gasteiger partial charge in [0.1, 0.15) is 6.54 Å². The number of hydrogen-bond donors (Lipinski definition) is 1. The quantitative estimate of drug-likeness (QED) is 0.802. The number of fused-ring (bicyclic) bond motifs is 1. The van der Waals surface area contributed by atoms with Gasteiger partial charge >= 0.3 is 0 Å². The van der Waals surface area contributed by atoms with E-state index in [0.29, 0.717) is 29.6 Å². The normalized spacial score (nSPS) is 17.2. The third-order valence-electron chi connectivity index (χ3n) is 4.16. The van der Waals surface area contributed by atoms with Crippen molar-refractivity contribution in [3.05, 3.63) is 58.8 Å². The molecule has 0 saturated carbocycles. The molecule has 6 heteroatoms. The maximum Gasteiger partial charge on any atom is 0.216 e. The van der Waals surface area contributed by atoms with Crippen molar-refractivity contribution in [1.82, 2.24) is 14.8 Å². The van der Waals surface area contributed by atoms with E-state index in [0.717, 1.165) is 24.1 Å². The Morgan fingerprint density at radius 1 is 1.35 bits per heavy atom. The van der Waals surface area contributed by atoms with Gasteiger partial charge in [0, 0.05) is 22.7 Å². The minimum absolute atomic E-state index is 0.287. The summed E-state index contributed by atoms with van der Waals surface area (Å²) in [6.45, 7) is 0.461. The van der Waals surface area contributed by atoms with Crippen LogP contribution in [0.1, 0.15) is 23.6 Å². The van der Waals surface area contributed by atoms with Crippen LogP contribution < -0.4 is 0 Å². The fraction of sp³-hybridized carbons (Fsp3) is 0.294. The number of nitrogens with zero attached hydrogens (tertiary/aromatic N) is 3. The summed E-state index contributed by atoms with van der Waals surface area (Å²) in [7, 11) is 0. The lowest BCUT2D eigenvalue weighted by atomic mass is 9.96. The van der Waals surface area contributed by atoms with Crippen molar-refractivity contribution in [2.45, 2.75) is 31.9 Å². The van der Waals surface area contributed by atoms with E-state index in [4.69, 9.17) is 16.0 Å². The molecule has 0 fully saturated rings. The number of halogens is 1. The maximum absolute atomic E-state index is 9.85. The standard InChI is InChI=1S/C17H16ClN3O2/c18-13-3-1-2-11(6-13)16-9-19-17(23-16)10-21-15-7-14(22)5-4-12(15)8-20-21/h1-3,6,8-9,14,22H,4-5,7,10H2. The van der Waals surface area contributed by atoms with Crippen LogP contribution in [0.25, 0.3) is 11.3 Å². The van der Waals surface area contributed by atoms with Gasteiger partial charge in [0.15, 0.2) is 5.76 Å². The van der Waals surface area contributed by atoms with Gasteiger partial charge < -0.3 is 9.52 Å². The van der Waals surface area contributed by atoms with Crippen LogP contribution in [0.5, 0.6) is 0 Å². The molecule has 0 radical (unpaired) electrons. The molecule has 0 saturated heterocycles. The summed E-state index contributed by atoms with van der Waals surface area (Å²) in [5.74, 6) is 1.27. The van der Waals surface area contributed by atoms with Crippen LogP contribution in [-0.2, 0) is 19.4 Å². The second kappa shape index (κ2) is 5.83. The average Bonchev–Trinajstić information content (AvgIpc) is 3.15. The molecule has 1 aliphatic carbocycles. The van der Waals surface area contributed by atoms with E-state index in [1.165, 1.54) is 5.56 Å². The number of hydrogen-bond acceptors (Lipinski definition) is 4. The van der Waals surface area contributed by atoms with Crippen molar-refractivity contribution in [2.24, 2.45) is 0 Å².